The van der Waals surface area contributed by atoms with Crippen LogP contribution in [0.1, 0.15) is 25.3 Å². The van der Waals surface area contributed by atoms with Crippen LogP contribution in [0.2, 0.25) is 0 Å². The van der Waals surface area contributed by atoms with Crippen molar-refractivity contribution in [3.63, 3.8) is 0 Å². The number of aromatic nitrogens is 1. The van der Waals surface area contributed by atoms with Gasteiger partial charge in [-0.05, 0) is 12.1 Å². The van der Waals surface area contributed by atoms with E-state index in [4.69, 9.17) is 0 Å². The Morgan fingerprint density at radius 1 is 1.73 bits per heavy atom. The van der Waals surface area contributed by atoms with Crippen molar-refractivity contribution in [1.29, 1.82) is 0 Å². The fourth-order valence-corrected chi connectivity index (χ4v) is 0.745. The van der Waals surface area contributed by atoms with Gasteiger partial charge in [0.15, 0.2) is 5.78 Å². The number of Topliss-reactive ketones (excluding diaryl/α,β-unsaturated/α-hetero) is 1. The summed E-state index contributed by atoms with van der Waals surface area (Å²) in [6, 6.07) is 4.20. The second-order valence-electron chi connectivity index (χ2n) is 2.12. The third-order valence-electron chi connectivity index (χ3n) is 1.32. The monoisotopic (exact) mass is 155 g/mol. The second kappa shape index (κ2) is 3.23. The molecule has 0 aromatic carbocycles. The van der Waals surface area contributed by atoms with Crippen molar-refractivity contribution in [2.75, 3.05) is 0 Å². The van der Waals surface area contributed by atoms with Crippen LogP contribution in [0, 0.1) is 5.95 Å². The lowest BCUT2D eigenvalue weighted by molar-refractivity contribution is 0.0982. The van der Waals surface area contributed by atoms with Gasteiger partial charge in [-0.3, -0.25) is 4.79 Å². The van der Waals surface area contributed by atoms with E-state index in [1.54, 1.807) is 6.92 Å². The van der Waals surface area contributed by atoms with E-state index in [0.29, 0.717) is 6.42 Å². The minimum absolute atomic E-state index is 0. The van der Waals surface area contributed by atoms with E-state index in [9.17, 15) is 9.18 Å². The summed E-state index contributed by atoms with van der Waals surface area (Å²) in [6.07, 6.45) is 0.358. The lowest BCUT2D eigenvalue weighted by Gasteiger charge is -1.94. The molecule has 2 nitrogen and oxygen atoms in total. The van der Waals surface area contributed by atoms with Gasteiger partial charge in [0.2, 0.25) is 5.95 Å². The van der Waals surface area contributed by atoms with Crippen LogP contribution < -0.4 is 0 Å². The molecular formula is C8H10FNO. The Morgan fingerprint density at radius 2 is 2.45 bits per heavy atom. The van der Waals surface area contributed by atoms with Crippen molar-refractivity contribution >= 4 is 5.78 Å². The maximum atomic E-state index is 12.4. The van der Waals surface area contributed by atoms with Gasteiger partial charge < -0.3 is 0 Å². The number of hydrogen-bond acceptors (Lipinski definition) is 2. The summed E-state index contributed by atoms with van der Waals surface area (Å²) in [4.78, 5) is 14.4. The first kappa shape index (κ1) is 7.85. The van der Waals surface area contributed by atoms with Crippen LogP contribution in [0.5, 0.6) is 0 Å². The second-order valence-corrected chi connectivity index (χ2v) is 2.12. The molecule has 0 saturated heterocycles. The molecule has 0 aliphatic heterocycles. The number of hydrogen-bond donors (Lipinski definition) is 0. The normalized spacial score (nSPS) is 9.64. The quantitative estimate of drug-likeness (QED) is 0.483. The van der Waals surface area contributed by atoms with E-state index in [1.807, 2.05) is 0 Å². The Hall–Kier alpha value is -1.25. The molecule has 1 aromatic rings. The fourth-order valence-electron chi connectivity index (χ4n) is 0.745. The largest absolute Gasteiger partial charge is 0.292 e. The van der Waals surface area contributed by atoms with Gasteiger partial charge in [-0.15, -0.1) is 0 Å². The van der Waals surface area contributed by atoms with Crippen molar-refractivity contribution in [2.45, 2.75) is 13.3 Å². The Balaban J connectivity index is 0.00000121. The smallest absolute Gasteiger partial charge is 0.213 e. The van der Waals surface area contributed by atoms with Gasteiger partial charge in [-0.1, -0.05) is 13.0 Å². The average Bonchev–Trinajstić information content (AvgIpc) is 2.03. The zero-order valence-corrected chi connectivity index (χ0v) is 6.17. The first-order valence-electron chi connectivity index (χ1n) is 3.39. The predicted molar refractivity (Wildman–Crippen MR) is 40.9 cm³/mol. The van der Waals surface area contributed by atoms with Crippen LogP contribution in [0.25, 0.3) is 0 Å². The predicted octanol–water partition coefficient (Wildman–Crippen LogP) is 2.06. The van der Waals surface area contributed by atoms with Crippen LogP contribution in [0.4, 0.5) is 4.39 Å². The molecule has 1 heterocycles. The molecule has 11 heavy (non-hydrogen) atoms. The van der Waals surface area contributed by atoms with Gasteiger partial charge in [0.25, 0.3) is 0 Å². The molecule has 0 aliphatic rings. The van der Waals surface area contributed by atoms with Gasteiger partial charge in [0.05, 0.1) is 0 Å². The summed E-state index contributed by atoms with van der Waals surface area (Å²) in [5.41, 5.74) is 0.201. The Kier molecular flexibility index (Phi) is 2.31. The summed E-state index contributed by atoms with van der Waals surface area (Å²) in [6.45, 7) is 1.72. The van der Waals surface area contributed by atoms with E-state index in [2.05, 4.69) is 4.98 Å². The molecule has 1 aromatic heterocycles. The van der Waals surface area contributed by atoms with E-state index in [0.717, 1.165) is 0 Å². The molecule has 0 N–H and O–H groups in total. The number of carbonyl (C=O) groups excluding carboxylic acids is 1. The summed E-state index contributed by atoms with van der Waals surface area (Å²) in [7, 11) is 0. The Morgan fingerprint density at radius 3 is 3.00 bits per heavy atom. The minimum Gasteiger partial charge on any atom is -0.292 e. The highest BCUT2D eigenvalue weighted by atomic mass is 19.1. The number of ketones is 1. The number of carbonyl (C=O) groups is 1. The highest BCUT2D eigenvalue weighted by molar-refractivity contribution is 5.93. The van der Waals surface area contributed by atoms with Crippen LogP contribution >= 0.6 is 0 Å². The van der Waals surface area contributed by atoms with Gasteiger partial charge in [0, 0.05) is 7.85 Å². The summed E-state index contributed by atoms with van der Waals surface area (Å²) in [5.74, 6) is -0.742. The lowest BCUT2D eigenvalue weighted by atomic mass is 10.2. The number of halogens is 1. The van der Waals surface area contributed by atoms with Gasteiger partial charge in [-0.2, -0.15) is 4.39 Å². The zero-order valence-electron chi connectivity index (χ0n) is 6.17. The first-order chi connectivity index (χ1) is 5.24. The molecule has 0 fully saturated rings. The average molecular weight is 155 g/mol. The van der Waals surface area contributed by atoms with Crippen LogP contribution in [-0.2, 0) is 0 Å². The molecule has 0 unspecified atom stereocenters. The third kappa shape index (κ3) is 1.83. The van der Waals surface area contributed by atoms with E-state index in [1.165, 1.54) is 18.2 Å². The molecule has 0 aliphatic carbocycles. The topological polar surface area (TPSA) is 30.0 Å². The SMILES string of the molecule is CCC(=O)c1cccc(F)n1.[HH]. The molecule has 1 rings (SSSR count). The van der Waals surface area contributed by atoms with Crippen LogP contribution in [-0.4, -0.2) is 10.8 Å². The fraction of sp³-hybridized carbons (Fsp3) is 0.250. The van der Waals surface area contributed by atoms with Gasteiger partial charge >= 0.3 is 0 Å². The molecule has 0 radical (unpaired) electrons. The molecular weight excluding hydrogens is 145 g/mol. The van der Waals surface area contributed by atoms with Gasteiger partial charge in [-0.25, -0.2) is 4.98 Å². The van der Waals surface area contributed by atoms with Crippen molar-refractivity contribution in [3.05, 3.63) is 29.8 Å². The Labute approximate surface area is 65.6 Å². The van der Waals surface area contributed by atoms with E-state index in [-0.39, 0.29) is 12.9 Å². The standard InChI is InChI=1S/C8H8FNO.H2/c1-2-7(11)6-4-3-5-8(9)10-6;/h3-5H,2H2,1H3;1H. The third-order valence-corrected chi connectivity index (χ3v) is 1.32. The number of rotatable bonds is 2. The lowest BCUT2D eigenvalue weighted by Crippen LogP contribution is -2.00. The molecule has 0 atom stereocenters. The van der Waals surface area contributed by atoms with Crippen molar-refractivity contribution < 1.29 is 10.6 Å². The van der Waals surface area contributed by atoms with Crippen LogP contribution in [0.15, 0.2) is 18.2 Å². The van der Waals surface area contributed by atoms with Crippen LogP contribution in [0.3, 0.4) is 0 Å². The Bertz CT molecular complexity index is 278. The maximum Gasteiger partial charge on any atom is 0.213 e. The zero-order chi connectivity index (χ0) is 8.27. The molecule has 0 amide bonds. The number of pyridine rings is 1. The minimum atomic E-state index is -0.607. The van der Waals surface area contributed by atoms with E-state index >= 15 is 0 Å². The summed E-state index contributed by atoms with van der Waals surface area (Å²) in [5, 5.41) is 0. The van der Waals surface area contributed by atoms with Crippen molar-refractivity contribution in [2.24, 2.45) is 0 Å². The summed E-state index contributed by atoms with van der Waals surface area (Å²) < 4.78 is 12.4. The number of nitrogens with zero attached hydrogens (tertiary/aromatic N) is 1. The van der Waals surface area contributed by atoms with Crippen molar-refractivity contribution in [1.82, 2.24) is 4.98 Å². The maximum absolute atomic E-state index is 12.4. The van der Waals surface area contributed by atoms with E-state index < -0.39 is 5.95 Å². The highest BCUT2D eigenvalue weighted by Gasteiger charge is 2.03. The molecule has 3 heteroatoms. The molecule has 60 valence electrons. The molecule has 0 bridgehead atoms. The van der Waals surface area contributed by atoms with Gasteiger partial charge in [0.1, 0.15) is 5.69 Å². The first-order valence-corrected chi connectivity index (χ1v) is 3.39. The van der Waals surface area contributed by atoms with Crippen molar-refractivity contribution in [3.8, 4) is 0 Å². The molecule has 0 spiro atoms. The molecule has 0 saturated carbocycles. The summed E-state index contributed by atoms with van der Waals surface area (Å²) >= 11 is 0. The highest BCUT2D eigenvalue weighted by Crippen LogP contribution is 2.00.